The number of halogens is 1. The molecule has 128 valence electrons. The van der Waals surface area contributed by atoms with Gasteiger partial charge in [0, 0.05) is 23.2 Å². The molecule has 1 aromatic carbocycles. The highest BCUT2D eigenvalue weighted by molar-refractivity contribution is 6.30. The Labute approximate surface area is 147 Å². The zero-order chi connectivity index (χ0) is 16.8. The van der Waals surface area contributed by atoms with E-state index in [4.69, 9.17) is 16.1 Å². The van der Waals surface area contributed by atoms with Crippen LogP contribution in [-0.4, -0.2) is 42.1 Å². The minimum absolute atomic E-state index is 0.197. The van der Waals surface area contributed by atoms with Gasteiger partial charge in [0.15, 0.2) is 11.5 Å². The lowest BCUT2D eigenvalue weighted by molar-refractivity contribution is 0.0942. The van der Waals surface area contributed by atoms with Crippen LogP contribution in [0.5, 0.6) is 0 Å². The Morgan fingerprint density at radius 2 is 1.96 bits per heavy atom. The summed E-state index contributed by atoms with van der Waals surface area (Å²) in [5.74, 6) is 0.364. The zero-order valence-electron chi connectivity index (χ0n) is 13.6. The number of hydrogen-bond donors (Lipinski definition) is 1. The third-order valence-electron chi connectivity index (χ3n) is 4.26. The Hall–Kier alpha value is -1.85. The molecule has 0 saturated carbocycles. The molecule has 0 aliphatic carbocycles. The minimum Gasteiger partial charge on any atom is -0.355 e. The van der Waals surface area contributed by atoms with E-state index in [-0.39, 0.29) is 5.91 Å². The molecule has 1 amide bonds. The first-order chi connectivity index (χ1) is 11.7. The number of rotatable bonds is 6. The van der Waals surface area contributed by atoms with Crippen molar-refractivity contribution in [3.8, 4) is 11.3 Å². The Kier molecular flexibility index (Phi) is 5.88. The quantitative estimate of drug-likeness (QED) is 0.811. The van der Waals surface area contributed by atoms with Crippen LogP contribution in [0.3, 0.4) is 0 Å². The Morgan fingerprint density at radius 1 is 1.21 bits per heavy atom. The first kappa shape index (κ1) is 17.0. The van der Waals surface area contributed by atoms with E-state index < -0.39 is 0 Å². The highest BCUT2D eigenvalue weighted by Gasteiger charge is 2.14. The van der Waals surface area contributed by atoms with Gasteiger partial charge in [0.05, 0.1) is 0 Å². The maximum Gasteiger partial charge on any atom is 0.273 e. The van der Waals surface area contributed by atoms with Crippen molar-refractivity contribution in [2.75, 3.05) is 26.2 Å². The van der Waals surface area contributed by atoms with Gasteiger partial charge in [-0.05, 0) is 63.2 Å². The number of hydrogen-bond acceptors (Lipinski definition) is 4. The summed E-state index contributed by atoms with van der Waals surface area (Å²) in [4.78, 5) is 14.6. The number of aromatic nitrogens is 1. The maximum atomic E-state index is 12.1. The highest BCUT2D eigenvalue weighted by Crippen LogP contribution is 2.22. The van der Waals surface area contributed by atoms with Crippen molar-refractivity contribution in [2.24, 2.45) is 0 Å². The molecule has 2 heterocycles. The molecule has 3 rings (SSSR count). The van der Waals surface area contributed by atoms with Crippen LogP contribution in [0.4, 0.5) is 0 Å². The third kappa shape index (κ3) is 4.58. The first-order valence-electron chi connectivity index (χ1n) is 8.45. The fraction of sp³-hybridized carbons (Fsp3) is 0.444. The highest BCUT2D eigenvalue weighted by atomic mass is 35.5. The molecule has 6 heteroatoms. The molecule has 1 aliphatic heterocycles. The van der Waals surface area contributed by atoms with Crippen LogP contribution in [-0.2, 0) is 0 Å². The topological polar surface area (TPSA) is 58.4 Å². The summed E-state index contributed by atoms with van der Waals surface area (Å²) in [5, 5.41) is 7.41. The van der Waals surface area contributed by atoms with Gasteiger partial charge in [0.25, 0.3) is 5.91 Å². The van der Waals surface area contributed by atoms with Crippen molar-refractivity contribution < 1.29 is 9.32 Å². The molecule has 1 aromatic heterocycles. The lowest BCUT2D eigenvalue weighted by atomic mass is 10.1. The number of likely N-dealkylation sites (tertiary alicyclic amines) is 1. The van der Waals surface area contributed by atoms with E-state index in [1.165, 1.54) is 32.4 Å². The van der Waals surface area contributed by atoms with Crippen molar-refractivity contribution in [3.05, 3.63) is 41.0 Å². The SMILES string of the molecule is O=C(NCCCN1CCCCC1)c1cc(-c2ccc(Cl)cc2)on1. The molecule has 0 spiro atoms. The molecule has 2 aromatic rings. The average molecular weight is 348 g/mol. The third-order valence-corrected chi connectivity index (χ3v) is 4.51. The molecule has 5 nitrogen and oxygen atoms in total. The molecule has 0 radical (unpaired) electrons. The van der Waals surface area contributed by atoms with Gasteiger partial charge in [0.1, 0.15) is 0 Å². The summed E-state index contributed by atoms with van der Waals surface area (Å²) in [5.41, 5.74) is 1.15. The Morgan fingerprint density at radius 3 is 2.71 bits per heavy atom. The summed E-state index contributed by atoms with van der Waals surface area (Å²) < 4.78 is 5.25. The van der Waals surface area contributed by atoms with Crippen LogP contribution in [0, 0.1) is 0 Å². The molecule has 0 bridgehead atoms. The van der Waals surface area contributed by atoms with Gasteiger partial charge in [-0.2, -0.15) is 0 Å². The number of carbonyl (C=O) groups excluding carboxylic acids is 1. The molecular formula is C18H22ClN3O2. The van der Waals surface area contributed by atoms with Gasteiger partial charge in [-0.15, -0.1) is 0 Å². The monoisotopic (exact) mass is 347 g/mol. The van der Waals surface area contributed by atoms with Gasteiger partial charge in [-0.1, -0.05) is 23.2 Å². The second-order valence-corrected chi connectivity index (χ2v) is 6.53. The number of carbonyl (C=O) groups is 1. The summed E-state index contributed by atoms with van der Waals surface area (Å²) in [6.07, 6.45) is 4.88. The summed E-state index contributed by atoms with van der Waals surface area (Å²) >= 11 is 5.87. The van der Waals surface area contributed by atoms with Gasteiger partial charge in [-0.3, -0.25) is 4.79 Å². The van der Waals surface area contributed by atoms with Crippen LogP contribution in [0.2, 0.25) is 5.02 Å². The first-order valence-corrected chi connectivity index (χ1v) is 8.83. The van der Waals surface area contributed by atoms with Gasteiger partial charge >= 0.3 is 0 Å². The van der Waals surface area contributed by atoms with E-state index >= 15 is 0 Å². The zero-order valence-corrected chi connectivity index (χ0v) is 14.4. The van der Waals surface area contributed by atoms with E-state index in [9.17, 15) is 4.79 Å². The Balaban J connectivity index is 1.46. The number of nitrogens with one attached hydrogen (secondary N) is 1. The van der Waals surface area contributed by atoms with Gasteiger partial charge in [0.2, 0.25) is 0 Å². The van der Waals surface area contributed by atoms with Crippen LogP contribution in [0.1, 0.15) is 36.2 Å². The normalized spacial score (nSPS) is 15.4. The molecule has 0 unspecified atom stereocenters. The molecule has 1 saturated heterocycles. The average Bonchev–Trinajstić information content (AvgIpc) is 3.10. The molecular weight excluding hydrogens is 326 g/mol. The Bertz CT molecular complexity index is 663. The fourth-order valence-electron chi connectivity index (χ4n) is 2.91. The van der Waals surface area contributed by atoms with E-state index in [0.29, 0.717) is 23.0 Å². The minimum atomic E-state index is -0.197. The number of piperidine rings is 1. The smallest absolute Gasteiger partial charge is 0.273 e. The second-order valence-electron chi connectivity index (χ2n) is 6.10. The lowest BCUT2D eigenvalue weighted by Gasteiger charge is -2.26. The summed E-state index contributed by atoms with van der Waals surface area (Å²) in [7, 11) is 0. The van der Waals surface area contributed by atoms with Crippen LogP contribution in [0.15, 0.2) is 34.9 Å². The van der Waals surface area contributed by atoms with Crippen molar-refractivity contribution in [3.63, 3.8) is 0 Å². The molecule has 1 N–H and O–H groups in total. The predicted octanol–water partition coefficient (Wildman–Crippen LogP) is 3.60. The predicted molar refractivity (Wildman–Crippen MR) is 94.2 cm³/mol. The van der Waals surface area contributed by atoms with Crippen molar-refractivity contribution in [1.29, 1.82) is 0 Å². The largest absolute Gasteiger partial charge is 0.355 e. The molecule has 0 atom stereocenters. The van der Waals surface area contributed by atoms with Crippen LogP contribution in [0.25, 0.3) is 11.3 Å². The number of benzene rings is 1. The van der Waals surface area contributed by atoms with E-state index in [0.717, 1.165) is 18.5 Å². The molecule has 1 aliphatic rings. The summed E-state index contributed by atoms with van der Waals surface area (Å²) in [6, 6.07) is 8.88. The van der Waals surface area contributed by atoms with E-state index in [2.05, 4.69) is 15.4 Å². The number of nitrogens with zero attached hydrogens (tertiary/aromatic N) is 2. The fourth-order valence-corrected chi connectivity index (χ4v) is 3.04. The number of amides is 1. The standard InChI is InChI=1S/C18H22ClN3O2/c19-15-7-5-14(6-8-15)17-13-16(21-24-17)18(23)20-9-4-12-22-10-2-1-3-11-22/h5-8,13H,1-4,9-12H2,(H,20,23). The van der Waals surface area contributed by atoms with E-state index in [1.807, 2.05) is 12.1 Å². The van der Waals surface area contributed by atoms with Crippen LogP contribution < -0.4 is 5.32 Å². The second kappa shape index (κ2) is 8.31. The van der Waals surface area contributed by atoms with E-state index in [1.54, 1.807) is 18.2 Å². The van der Waals surface area contributed by atoms with Gasteiger partial charge in [-0.25, -0.2) is 0 Å². The van der Waals surface area contributed by atoms with Gasteiger partial charge < -0.3 is 14.7 Å². The molecule has 24 heavy (non-hydrogen) atoms. The maximum absolute atomic E-state index is 12.1. The summed E-state index contributed by atoms with van der Waals surface area (Å²) in [6.45, 7) is 4.05. The van der Waals surface area contributed by atoms with Crippen molar-refractivity contribution in [2.45, 2.75) is 25.7 Å². The van der Waals surface area contributed by atoms with Crippen LogP contribution >= 0.6 is 11.6 Å². The van der Waals surface area contributed by atoms with Crippen molar-refractivity contribution >= 4 is 17.5 Å². The van der Waals surface area contributed by atoms with Crippen molar-refractivity contribution in [1.82, 2.24) is 15.4 Å². The molecule has 1 fully saturated rings. The lowest BCUT2D eigenvalue weighted by Crippen LogP contribution is -2.33.